The van der Waals surface area contributed by atoms with Gasteiger partial charge in [-0.05, 0) is 56.2 Å². The summed E-state index contributed by atoms with van der Waals surface area (Å²) in [6, 6.07) is 6.20. The summed E-state index contributed by atoms with van der Waals surface area (Å²) < 4.78 is 2.05. The van der Waals surface area contributed by atoms with Crippen LogP contribution in [0.25, 0.3) is 0 Å². The number of hydrogen-bond acceptors (Lipinski definition) is 4. The SMILES string of the molecule is C[C@@H](Sc1nnc(C2CC2)n1C)C(=O)c1ccc2c(c1)CCC2. The van der Waals surface area contributed by atoms with Crippen LogP contribution in [0.1, 0.15) is 59.4 Å². The van der Waals surface area contributed by atoms with E-state index in [1.807, 2.05) is 20.0 Å². The number of Topliss-reactive ketones (excluding diaryl/α,β-unsaturated/α-hetero) is 1. The van der Waals surface area contributed by atoms with Gasteiger partial charge in [0, 0.05) is 18.5 Å². The zero-order valence-corrected chi connectivity index (χ0v) is 14.4. The summed E-state index contributed by atoms with van der Waals surface area (Å²) in [7, 11) is 2.00. The number of carbonyl (C=O) groups excluding carboxylic acids is 1. The highest BCUT2D eigenvalue weighted by atomic mass is 32.2. The predicted octanol–water partition coefficient (Wildman–Crippen LogP) is 3.54. The van der Waals surface area contributed by atoms with E-state index >= 15 is 0 Å². The van der Waals surface area contributed by atoms with E-state index in [1.165, 1.54) is 42.2 Å². The Bertz CT molecular complexity index is 764. The lowest BCUT2D eigenvalue weighted by Gasteiger charge is -2.11. The summed E-state index contributed by atoms with van der Waals surface area (Å²) in [5.41, 5.74) is 3.59. The van der Waals surface area contributed by atoms with Crippen LogP contribution >= 0.6 is 11.8 Å². The minimum Gasteiger partial charge on any atom is -0.309 e. The first-order valence-electron chi connectivity index (χ1n) is 8.35. The third kappa shape index (κ3) is 2.82. The number of rotatable bonds is 5. The molecule has 0 spiro atoms. The van der Waals surface area contributed by atoms with Crippen molar-refractivity contribution in [2.24, 2.45) is 7.05 Å². The van der Waals surface area contributed by atoms with Crippen LogP contribution in [0.5, 0.6) is 0 Å². The third-order valence-electron chi connectivity index (χ3n) is 4.85. The van der Waals surface area contributed by atoms with E-state index in [9.17, 15) is 4.79 Å². The Morgan fingerprint density at radius 2 is 2.04 bits per heavy atom. The standard InChI is InChI=1S/C18H21N3OS/c1-11(23-18-20-19-17(21(18)2)13-7-8-13)16(22)15-9-6-12-4-3-5-14(12)10-15/h6,9-11,13H,3-5,7-8H2,1-2H3/t11-/m1/s1. The Labute approximate surface area is 140 Å². The minimum atomic E-state index is -0.149. The Morgan fingerprint density at radius 1 is 1.26 bits per heavy atom. The van der Waals surface area contributed by atoms with E-state index in [4.69, 9.17) is 0 Å². The maximum Gasteiger partial charge on any atom is 0.191 e. The highest BCUT2D eigenvalue weighted by Crippen LogP contribution is 2.40. The summed E-state index contributed by atoms with van der Waals surface area (Å²) in [6.45, 7) is 1.96. The van der Waals surface area contributed by atoms with Gasteiger partial charge in [-0.15, -0.1) is 10.2 Å². The van der Waals surface area contributed by atoms with Gasteiger partial charge in [0.2, 0.25) is 0 Å². The summed E-state index contributed by atoms with van der Waals surface area (Å²) in [4.78, 5) is 12.7. The van der Waals surface area contributed by atoms with E-state index in [1.54, 1.807) is 0 Å². The predicted molar refractivity (Wildman–Crippen MR) is 91.1 cm³/mol. The maximum absolute atomic E-state index is 12.7. The van der Waals surface area contributed by atoms with Crippen molar-refractivity contribution in [1.29, 1.82) is 0 Å². The first-order chi connectivity index (χ1) is 11.1. The highest BCUT2D eigenvalue weighted by Gasteiger charge is 2.30. The molecule has 1 saturated carbocycles. The van der Waals surface area contributed by atoms with Gasteiger partial charge in [0.15, 0.2) is 10.9 Å². The van der Waals surface area contributed by atoms with Crippen molar-refractivity contribution < 1.29 is 4.79 Å². The summed E-state index contributed by atoms with van der Waals surface area (Å²) in [5, 5.41) is 9.26. The van der Waals surface area contributed by atoms with Crippen LogP contribution in [0, 0.1) is 0 Å². The normalized spacial score (nSPS) is 18.0. The molecule has 1 aromatic carbocycles. The molecule has 4 rings (SSSR count). The highest BCUT2D eigenvalue weighted by molar-refractivity contribution is 8.00. The Kier molecular flexibility index (Phi) is 3.76. The van der Waals surface area contributed by atoms with Crippen molar-refractivity contribution in [3.8, 4) is 0 Å². The fraction of sp³-hybridized carbons (Fsp3) is 0.500. The van der Waals surface area contributed by atoms with Crippen LogP contribution in [0.3, 0.4) is 0 Å². The minimum absolute atomic E-state index is 0.149. The van der Waals surface area contributed by atoms with Gasteiger partial charge in [-0.2, -0.15) is 0 Å². The molecule has 120 valence electrons. The van der Waals surface area contributed by atoms with Crippen molar-refractivity contribution >= 4 is 17.5 Å². The first-order valence-corrected chi connectivity index (χ1v) is 9.23. The van der Waals surface area contributed by atoms with Crippen molar-refractivity contribution in [1.82, 2.24) is 14.8 Å². The number of fused-ring (bicyclic) bond motifs is 1. The molecular weight excluding hydrogens is 306 g/mol. The lowest BCUT2D eigenvalue weighted by Crippen LogP contribution is -2.15. The topological polar surface area (TPSA) is 47.8 Å². The monoisotopic (exact) mass is 327 g/mol. The molecule has 0 saturated heterocycles. The number of hydrogen-bond donors (Lipinski definition) is 0. The number of thioether (sulfide) groups is 1. The van der Waals surface area contributed by atoms with Gasteiger partial charge >= 0.3 is 0 Å². The van der Waals surface area contributed by atoms with Gasteiger partial charge in [-0.25, -0.2) is 0 Å². The van der Waals surface area contributed by atoms with E-state index in [2.05, 4.69) is 26.9 Å². The van der Waals surface area contributed by atoms with Gasteiger partial charge < -0.3 is 4.57 Å². The molecule has 5 heteroatoms. The second-order valence-corrected chi connectivity index (χ2v) is 7.94. The average molecular weight is 327 g/mol. The molecule has 4 nitrogen and oxygen atoms in total. The van der Waals surface area contributed by atoms with Crippen molar-refractivity contribution in [3.05, 3.63) is 40.7 Å². The van der Waals surface area contributed by atoms with Crippen LogP contribution < -0.4 is 0 Å². The van der Waals surface area contributed by atoms with Crippen LogP contribution in [0.15, 0.2) is 23.4 Å². The second-order valence-electron chi connectivity index (χ2n) is 6.64. The Morgan fingerprint density at radius 3 is 2.83 bits per heavy atom. The van der Waals surface area contributed by atoms with E-state index in [-0.39, 0.29) is 11.0 Å². The fourth-order valence-corrected chi connectivity index (χ4v) is 4.20. The zero-order valence-electron chi connectivity index (χ0n) is 13.6. The molecule has 1 heterocycles. The first kappa shape index (κ1) is 14.9. The molecule has 0 N–H and O–H groups in total. The average Bonchev–Trinajstić information content (AvgIpc) is 3.18. The molecule has 0 bridgehead atoms. The van der Waals surface area contributed by atoms with Crippen LogP contribution in [0.2, 0.25) is 0 Å². The molecule has 0 aliphatic heterocycles. The molecule has 2 aromatic rings. The number of benzene rings is 1. The molecule has 1 aromatic heterocycles. The second kappa shape index (κ2) is 5.78. The molecule has 1 fully saturated rings. The summed E-state index contributed by atoms with van der Waals surface area (Å²) in [5.74, 6) is 1.81. The molecule has 23 heavy (non-hydrogen) atoms. The molecule has 0 amide bonds. The van der Waals surface area contributed by atoms with Gasteiger partial charge in [-0.1, -0.05) is 23.9 Å². The van der Waals surface area contributed by atoms with Crippen LogP contribution in [-0.4, -0.2) is 25.8 Å². The van der Waals surface area contributed by atoms with E-state index in [0.717, 1.165) is 29.4 Å². The zero-order chi connectivity index (χ0) is 16.0. The number of carbonyl (C=O) groups is 1. The van der Waals surface area contributed by atoms with Gasteiger partial charge in [0.05, 0.1) is 5.25 Å². The number of ketones is 1. The molecule has 1 atom stereocenters. The van der Waals surface area contributed by atoms with Gasteiger partial charge in [-0.3, -0.25) is 4.79 Å². The lowest BCUT2D eigenvalue weighted by atomic mass is 10.0. The molecule has 0 unspecified atom stereocenters. The number of aromatic nitrogens is 3. The van der Waals surface area contributed by atoms with Crippen molar-refractivity contribution in [3.63, 3.8) is 0 Å². The van der Waals surface area contributed by atoms with Crippen LogP contribution in [0.4, 0.5) is 0 Å². The van der Waals surface area contributed by atoms with Gasteiger partial charge in [0.1, 0.15) is 5.82 Å². The van der Waals surface area contributed by atoms with E-state index < -0.39 is 0 Å². The summed E-state index contributed by atoms with van der Waals surface area (Å²) in [6.07, 6.45) is 5.88. The number of aryl methyl sites for hydroxylation is 2. The molecular formula is C18H21N3OS. The Balaban J connectivity index is 1.50. The van der Waals surface area contributed by atoms with E-state index in [0.29, 0.717) is 5.92 Å². The van der Waals surface area contributed by atoms with Gasteiger partial charge in [0.25, 0.3) is 0 Å². The Hall–Kier alpha value is -1.62. The lowest BCUT2D eigenvalue weighted by molar-refractivity contribution is 0.0993. The fourth-order valence-electron chi connectivity index (χ4n) is 3.30. The molecule has 0 radical (unpaired) electrons. The van der Waals surface area contributed by atoms with Crippen molar-refractivity contribution in [2.45, 2.75) is 55.4 Å². The quantitative estimate of drug-likeness (QED) is 0.622. The largest absolute Gasteiger partial charge is 0.309 e. The smallest absolute Gasteiger partial charge is 0.191 e. The summed E-state index contributed by atoms with van der Waals surface area (Å²) >= 11 is 1.51. The number of nitrogens with zero attached hydrogens (tertiary/aromatic N) is 3. The van der Waals surface area contributed by atoms with Crippen LogP contribution in [-0.2, 0) is 19.9 Å². The molecule has 2 aliphatic carbocycles. The maximum atomic E-state index is 12.7. The van der Waals surface area contributed by atoms with Crippen molar-refractivity contribution in [2.75, 3.05) is 0 Å². The third-order valence-corrected chi connectivity index (χ3v) is 5.98. The molecule has 2 aliphatic rings.